The molecular formula is C20H27N3O3. The lowest BCUT2D eigenvalue weighted by Gasteiger charge is -2.27. The average Bonchev–Trinajstić information content (AvgIpc) is 2.85. The third-order valence-corrected chi connectivity index (χ3v) is 5.39. The van der Waals surface area contributed by atoms with Gasteiger partial charge in [0.1, 0.15) is 0 Å². The SMILES string of the molecule is CN(C(=O)Nc1ccc(CN2C(=O)CCC2=O)cc1)C1CCCCCC1. The standard InChI is InChI=1S/C20H27N3O3/c1-22(17-6-4-2-3-5-7-17)20(26)21-16-10-8-15(9-11-16)14-23-18(24)12-13-19(23)25/h8-11,17H,2-7,12-14H2,1H3,(H,21,26). The van der Waals surface area contributed by atoms with Crippen molar-refractivity contribution in [3.05, 3.63) is 29.8 Å². The van der Waals surface area contributed by atoms with Crippen LogP contribution in [0.3, 0.4) is 0 Å². The molecule has 1 aliphatic heterocycles. The van der Waals surface area contributed by atoms with Gasteiger partial charge >= 0.3 is 6.03 Å². The first kappa shape index (κ1) is 18.4. The van der Waals surface area contributed by atoms with E-state index in [1.165, 1.54) is 30.6 Å². The highest BCUT2D eigenvalue weighted by molar-refractivity contribution is 6.01. The summed E-state index contributed by atoms with van der Waals surface area (Å²) >= 11 is 0. The van der Waals surface area contributed by atoms with Crippen LogP contribution >= 0.6 is 0 Å². The molecule has 6 heteroatoms. The van der Waals surface area contributed by atoms with Crippen LogP contribution in [0.1, 0.15) is 56.9 Å². The van der Waals surface area contributed by atoms with Crippen LogP contribution in [0, 0.1) is 0 Å². The van der Waals surface area contributed by atoms with Crippen LogP contribution in [0.4, 0.5) is 10.5 Å². The van der Waals surface area contributed by atoms with E-state index < -0.39 is 0 Å². The molecule has 0 aromatic heterocycles. The molecular weight excluding hydrogens is 330 g/mol. The van der Waals surface area contributed by atoms with Gasteiger partial charge in [-0.05, 0) is 30.5 Å². The smallest absolute Gasteiger partial charge is 0.321 e. The van der Waals surface area contributed by atoms with Gasteiger partial charge in [-0.3, -0.25) is 14.5 Å². The zero-order valence-corrected chi connectivity index (χ0v) is 15.4. The summed E-state index contributed by atoms with van der Waals surface area (Å²) in [5.74, 6) is -0.227. The first-order valence-corrected chi connectivity index (χ1v) is 9.50. The first-order valence-electron chi connectivity index (χ1n) is 9.50. The molecule has 3 rings (SSSR count). The number of carbonyl (C=O) groups excluding carboxylic acids is 3. The molecule has 1 aromatic rings. The van der Waals surface area contributed by atoms with Crippen LogP contribution in [0.2, 0.25) is 0 Å². The fourth-order valence-electron chi connectivity index (χ4n) is 3.70. The molecule has 0 unspecified atom stereocenters. The Morgan fingerprint density at radius 1 is 1.04 bits per heavy atom. The minimum Gasteiger partial charge on any atom is -0.325 e. The van der Waals surface area contributed by atoms with E-state index in [4.69, 9.17) is 0 Å². The molecule has 1 aliphatic carbocycles. The van der Waals surface area contributed by atoms with Crippen molar-refractivity contribution in [2.45, 2.75) is 64.0 Å². The topological polar surface area (TPSA) is 69.7 Å². The van der Waals surface area contributed by atoms with E-state index >= 15 is 0 Å². The molecule has 0 radical (unpaired) electrons. The van der Waals surface area contributed by atoms with Crippen molar-refractivity contribution in [3.8, 4) is 0 Å². The van der Waals surface area contributed by atoms with Crippen LogP contribution in [0.15, 0.2) is 24.3 Å². The monoisotopic (exact) mass is 357 g/mol. The molecule has 1 N–H and O–H groups in total. The molecule has 0 spiro atoms. The summed E-state index contributed by atoms with van der Waals surface area (Å²) in [7, 11) is 1.87. The van der Waals surface area contributed by atoms with E-state index in [1.54, 1.807) is 0 Å². The molecule has 0 bridgehead atoms. The third kappa shape index (κ3) is 4.42. The lowest BCUT2D eigenvalue weighted by molar-refractivity contribution is -0.139. The number of amides is 4. The van der Waals surface area contributed by atoms with Crippen LogP contribution in [-0.4, -0.2) is 40.7 Å². The third-order valence-electron chi connectivity index (χ3n) is 5.39. The Kier molecular flexibility index (Phi) is 5.91. The van der Waals surface area contributed by atoms with Gasteiger partial charge in [0.05, 0.1) is 6.54 Å². The van der Waals surface area contributed by atoms with E-state index in [0.29, 0.717) is 25.4 Å². The molecule has 1 saturated carbocycles. The summed E-state index contributed by atoms with van der Waals surface area (Å²) in [6.07, 6.45) is 7.64. The predicted molar refractivity (Wildman–Crippen MR) is 99.5 cm³/mol. The number of benzene rings is 1. The quantitative estimate of drug-likeness (QED) is 0.662. The van der Waals surface area contributed by atoms with E-state index in [2.05, 4.69) is 5.32 Å². The maximum atomic E-state index is 12.5. The number of urea groups is 1. The molecule has 1 aromatic carbocycles. The van der Waals surface area contributed by atoms with E-state index in [9.17, 15) is 14.4 Å². The van der Waals surface area contributed by atoms with Gasteiger partial charge in [-0.25, -0.2) is 4.79 Å². The zero-order valence-electron chi connectivity index (χ0n) is 15.4. The predicted octanol–water partition coefficient (Wildman–Crippen LogP) is 3.52. The second-order valence-electron chi connectivity index (χ2n) is 7.26. The fraction of sp³-hybridized carbons (Fsp3) is 0.550. The van der Waals surface area contributed by atoms with Gasteiger partial charge in [0.15, 0.2) is 0 Å². The van der Waals surface area contributed by atoms with Crippen molar-refractivity contribution in [2.75, 3.05) is 12.4 Å². The van der Waals surface area contributed by atoms with Gasteiger partial charge in [0, 0.05) is 31.6 Å². The van der Waals surface area contributed by atoms with Crippen molar-refractivity contribution in [1.82, 2.24) is 9.80 Å². The summed E-state index contributed by atoms with van der Waals surface area (Å²) < 4.78 is 0. The molecule has 2 fully saturated rings. The van der Waals surface area contributed by atoms with Crippen LogP contribution in [0.5, 0.6) is 0 Å². The molecule has 140 valence electrons. The number of anilines is 1. The Morgan fingerprint density at radius 2 is 1.62 bits per heavy atom. The molecule has 1 saturated heterocycles. The van der Waals surface area contributed by atoms with Crippen molar-refractivity contribution < 1.29 is 14.4 Å². The number of nitrogens with zero attached hydrogens (tertiary/aromatic N) is 2. The second kappa shape index (κ2) is 8.34. The number of hydrogen-bond acceptors (Lipinski definition) is 3. The average molecular weight is 357 g/mol. The summed E-state index contributed by atoms with van der Waals surface area (Å²) in [6.45, 7) is 0.299. The summed E-state index contributed by atoms with van der Waals surface area (Å²) in [5.41, 5.74) is 1.60. The highest BCUT2D eigenvalue weighted by Gasteiger charge is 2.28. The summed E-state index contributed by atoms with van der Waals surface area (Å²) in [6, 6.07) is 7.55. The number of hydrogen-bond donors (Lipinski definition) is 1. The summed E-state index contributed by atoms with van der Waals surface area (Å²) in [4.78, 5) is 39.0. The van der Waals surface area contributed by atoms with Crippen molar-refractivity contribution >= 4 is 23.5 Å². The molecule has 4 amide bonds. The number of nitrogens with one attached hydrogen (secondary N) is 1. The van der Waals surface area contributed by atoms with Crippen LogP contribution < -0.4 is 5.32 Å². The number of rotatable bonds is 4. The van der Waals surface area contributed by atoms with Gasteiger partial charge in [0.25, 0.3) is 0 Å². The molecule has 26 heavy (non-hydrogen) atoms. The number of imide groups is 1. The van der Waals surface area contributed by atoms with Crippen molar-refractivity contribution in [2.24, 2.45) is 0 Å². The van der Waals surface area contributed by atoms with E-state index in [1.807, 2.05) is 36.2 Å². The van der Waals surface area contributed by atoms with E-state index in [-0.39, 0.29) is 17.8 Å². The maximum Gasteiger partial charge on any atom is 0.321 e. The van der Waals surface area contributed by atoms with Crippen molar-refractivity contribution in [3.63, 3.8) is 0 Å². The van der Waals surface area contributed by atoms with Crippen LogP contribution in [-0.2, 0) is 16.1 Å². The van der Waals surface area contributed by atoms with Crippen molar-refractivity contribution in [1.29, 1.82) is 0 Å². The number of likely N-dealkylation sites (tertiary alicyclic amines) is 1. The number of carbonyl (C=O) groups is 3. The lowest BCUT2D eigenvalue weighted by atomic mass is 10.1. The molecule has 6 nitrogen and oxygen atoms in total. The molecule has 1 heterocycles. The minimum atomic E-state index is -0.114. The Morgan fingerprint density at radius 3 is 2.19 bits per heavy atom. The van der Waals surface area contributed by atoms with Gasteiger partial charge in [0.2, 0.25) is 11.8 Å². The fourth-order valence-corrected chi connectivity index (χ4v) is 3.70. The summed E-state index contributed by atoms with van der Waals surface area (Å²) in [5, 5.41) is 2.94. The Labute approximate surface area is 154 Å². The van der Waals surface area contributed by atoms with Gasteiger partial charge in [-0.15, -0.1) is 0 Å². The zero-order chi connectivity index (χ0) is 18.5. The second-order valence-corrected chi connectivity index (χ2v) is 7.26. The molecule has 2 aliphatic rings. The normalized spacial score (nSPS) is 18.7. The largest absolute Gasteiger partial charge is 0.325 e. The first-order chi connectivity index (χ1) is 12.5. The lowest BCUT2D eigenvalue weighted by Crippen LogP contribution is -2.39. The highest BCUT2D eigenvalue weighted by atomic mass is 16.2. The Hall–Kier alpha value is -2.37. The molecule has 0 atom stereocenters. The maximum absolute atomic E-state index is 12.5. The van der Waals surface area contributed by atoms with Gasteiger partial charge in [-0.1, -0.05) is 37.8 Å². The van der Waals surface area contributed by atoms with Crippen LogP contribution in [0.25, 0.3) is 0 Å². The highest BCUT2D eigenvalue weighted by Crippen LogP contribution is 2.22. The Balaban J connectivity index is 1.55. The van der Waals surface area contributed by atoms with Gasteiger partial charge < -0.3 is 10.2 Å². The van der Waals surface area contributed by atoms with E-state index in [0.717, 1.165) is 24.1 Å². The Bertz CT molecular complexity index is 647. The van der Waals surface area contributed by atoms with Gasteiger partial charge in [-0.2, -0.15) is 0 Å². The minimum absolute atomic E-state index is 0.0884.